The molecular weight excluding hydrogens is 236 g/mol. The number of nitrogens with zero attached hydrogens (tertiary/aromatic N) is 2. The predicted octanol–water partition coefficient (Wildman–Crippen LogP) is 0.786. The minimum atomic E-state index is -4.06. The first-order valence-corrected chi connectivity index (χ1v) is 5.08. The Balaban J connectivity index is 0.00000225. The van der Waals surface area contributed by atoms with Gasteiger partial charge in [0.2, 0.25) is 4.91 Å². The maximum atomic E-state index is 11.2. The molecule has 5 N–H and O–H groups in total. The molecule has 0 heterocycles. The van der Waals surface area contributed by atoms with Crippen molar-refractivity contribution in [3.8, 4) is 0 Å². The Bertz CT molecular complexity index is 547. The number of rotatable bonds is 3. The quantitative estimate of drug-likeness (QED) is 0.529. The highest BCUT2D eigenvalue weighted by molar-refractivity contribution is 7.90. The highest BCUT2D eigenvalue weighted by Crippen LogP contribution is 2.13. The zero-order valence-electron chi connectivity index (χ0n) is 7.99. The van der Waals surface area contributed by atoms with Crippen molar-refractivity contribution in [1.29, 1.82) is 5.53 Å². The number of nitrogens with one attached hydrogen (secondary N) is 1. The third kappa shape index (κ3) is 2.95. The number of carbonyl (C=O) groups is 1. The molecule has 0 atom stereocenters. The van der Waals surface area contributed by atoms with Crippen molar-refractivity contribution in [3.05, 3.63) is 29.8 Å². The van der Waals surface area contributed by atoms with Crippen LogP contribution in [0.1, 0.15) is 10.4 Å². The maximum absolute atomic E-state index is 11.2. The van der Waals surface area contributed by atoms with Gasteiger partial charge < -0.3 is 11.3 Å². The van der Waals surface area contributed by atoms with Gasteiger partial charge in [0.1, 0.15) is 5.53 Å². The molecule has 86 valence electrons. The molecule has 1 aromatic rings. The fraction of sp³-hybridized carbons (Fsp3) is 0. The summed E-state index contributed by atoms with van der Waals surface area (Å²) >= 11 is 0. The van der Waals surface area contributed by atoms with Crippen LogP contribution in [0, 0.1) is 5.53 Å². The summed E-state index contributed by atoms with van der Waals surface area (Å²) in [4.78, 5) is 12.6. The van der Waals surface area contributed by atoms with E-state index < -0.39 is 16.0 Å². The van der Waals surface area contributed by atoms with Gasteiger partial charge >= 0.3 is 16.0 Å². The van der Waals surface area contributed by atoms with Crippen LogP contribution in [0.25, 0.3) is 0 Å². The van der Waals surface area contributed by atoms with Crippen LogP contribution < -0.4 is 11.1 Å². The number of carboxylic acid groups (broad SMARTS) is 1. The minimum absolute atomic E-state index is 0. The second kappa shape index (κ2) is 5.12. The monoisotopic (exact) mass is 245 g/mol. The van der Waals surface area contributed by atoms with Crippen LogP contribution in [0.15, 0.2) is 33.7 Å². The molecular formula is C7H9N4O4S+. The lowest BCUT2D eigenvalue weighted by atomic mass is 10.2. The molecule has 0 saturated carbocycles. The molecule has 9 heteroatoms. The molecule has 0 aliphatic heterocycles. The first kappa shape index (κ1) is 13.9. The van der Waals surface area contributed by atoms with E-state index in [1.807, 2.05) is 0 Å². The van der Waals surface area contributed by atoms with Crippen LogP contribution in [0.3, 0.4) is 0 Å². The number of carboxylic acids is 1. The first-order valence-electron chi connectivity index (χ1n) is 3.64. The summed E-state index contributed by atoms with van der Waals surface area (Å²) in [5.74, 6) is -1.24. The predicted molar refractivity (Wildman–Crippen MR) is 52.9 cm³/mol. The zero-order valence-corrected chi connectivity index (χ0v) is 8.81. The molecule has 1 rings (SSSR count). The fourth-order valence-electron chi connectivity index (χ4n) is 0.890. The van der Waals surface area contributed by atoms with Gasteiger partial charge in [-0.25, -0.2) is 4.79 Å². The van der Waals surface area contributed by atoms with Gasteiger partial charge in [-0.05, 0) is 18.2 Å². The second-order valence-corrected chi connectivity index (χ2v) is 4.07. The Morgan fingerprint density at radius 2 is 2.06 bits per heavy atom. The van der Waals surface area contributed by atoms with Crippen molar-refractivity contribution in [2.45, 2.75) is 4.90 Å². The molecule has 8 nitrogen and oxygen atoms in total. The first-order chi connectivity index (χ1) is 6.97. The van der Waals surface area contributed by atoms with Gasteiger partial charge in [0, 0.05) is 0 Å². The summed E-state index contributed by atoms with van der Waals surface area (Å²) in [7, 11) is -4.06. The molecule has 0 aliphatic carbocycles. The minimum Gasteiger partial charge on any atom is -0.478 e. The number of hydrogen-bond acceptors (Lipinski definition) is 5. The van der Waals surface area contributed by atoms with Crippen LogP contribution in [-0.4, -0.2) is 19.5 Å². The summed E-state index contributed by atoms with van der Waals surface area (Å²) in [5.41, 5.74) is 6.14. The van der Waals surface area contributed by atoms with E-state index in [0.29, 0.717) is 0 Å². The van der Waals surface area contributed by atoms with Gasteiger partial charge in [0.15, 0.2) is 0 Å². The van der Waals surface area contributed by atoms with Crippen molar-refractivity contribution in [1.82, 2.24) is 11.1 Å². The molecule has 0 unspecified atom stereocenters. The van der Waals surface area contributed by atoms with Crippen LogP contribution in [0.2, 0.25) is 0 Å². The fourth-order valence-corrected chi connectivity index (χ4v) is 1.62. The SMILES string of the molecule is N.N=[N+]=NS(=O)(=O)c1cccc(C(=O)O)c1. The lowest BCUT2D eigenvalue weighted by Crippen LogP contribution is -2.01. The van der Waals surface area contributed by atoms with Crippen molar-refractivity contribution < 1.29 is 18.3 Å². The Morgan fingerprint density at radius 3 is 2.56 bits per heavy atom. The zero-order chi connectivity index (χ0) is 11.5. The number of hydrogen-bond donors (Lipinski definition) is 3. The number of aromatic carboxylic acids is 1. The van der Waals surface area contributed by atoms with E-state index in [4.69, 9.17) is 10.6 Å². The van der Waals surface area contributed by atoms with E-state index in [1.165, 1.54) is 18.2 Å². The maximum Gasteiger partial charge on any atom is 0.355 e. The van der Waals surface area contributed by atoms with Gasteiger partial charge in [-0.15, -0.1) is 0 Å². The largest absolute Gasteiger partial charge is 0.478 e. The molecule has 0 bridgehead atoms. The Hall–Kier alpha value is -2.09. The van der Waals surface area contributed by atoms with Crippen LogP contribution >= 0.6 is 0 Å². The molecule has 0 aromatic heterocycles. The van der Waals surface area contributed by atoms with E-state index in [1.54, 1.807) is 0 Å². The smallest absolute Gasteiger partial charge is 0.355 e. The molecule has 0 fully saturated rings. The molecule has 0 spiro atoms. The summed E-state index contributed by atoms with van der Waals surface area (Å²) in [6, 6.07) is 4.65. The molecule has 0 saturated heterocycles. The summed E-state index contributed by atoms with van der Waals surface area (Å²) in [5, 5.41) is 8.62. The number of sulfonamides is 1. The molecule has 0 amide bonds. The van der Waals surface area contributed by atoms with E-state index >= 15 is 0 Å². The highest BCUT2D eigenvalue weighted by atomic mass is 32.2. The summed E-state index contributed by atoms with van der Waals surface area (Å²) < 4.78 is 25.2. The Kier molecular flexibility index (Phi) is 4.45. The average molecular weight is 245 g/mol. The third-order valence-electron chi connectivity index (χ3n) is 1.53. The van der Waals surface area contributed by atoms with Gasteiger partial charge in [0.05, 0.1) is 10.5 Å². The van der Waals surface area contributed by atoms with E-state index in [0.717, 1.165) is 6.07 Å². The van der Waals surface area contributed by atoms with Crippen molar-refractivity contribution in [3.63, 3.8) is 0 Å². The van der Waals surface area contributed by atoms with Gasteiger partial charge in [-0.1, -0.05) is 6.07 Å². The van der Waals surface area contributed by atoms with E-state index in [-0.39, 0.29) is 16.6 Å². The van der Waals surface area contributed by atoms with Crippen LogP contribution in [0.4, 0.5) is 0 Å². The van der Waals surface area contributed by atoms with Crippen LogP contribution in [-0.2, 0) is 10.0 Å². The van der Waals surface area contributed by atoms with Crippen LogP contribution in [0.5, 0.6) is 0 Å². The molecule has 0 aliphatic rings. The van der Waals surface area contributed by atoms with Gasteiger partial charge in [-0.2, -0.15) is 8.42 Å². The van der Waals surface area contributed by atoms with Crippen molar-refractivity contribution in [2.24, 2.45) is 4.52 Å². The molecule has 16 heavy (non-hydrogen) atoms. The summed E-state index contributed by atoms with van der Waals surface area (Å²) in [6.07, 6.45) is 0. The van der Waals surface area contributed by atoms with Crippen molar-refractivity contribution >= 4 is 16.0 Å². The second-order valence-electron chi connectivity index (χ2n) is 2.49. The standard InChI is InChI=1S/C7H5N3O4S.H3N/c8-9-10-15(13,14)6-3-1-2-5(4-6)7(11)12;/h1-4,8H;1H3/p+1. The lowest BCUT2D eigenvalue weighted by Gasteiger charge is -1.95. The molecule has 1 aromatic carbocycles. The molecule has 0 radical (unpaired) electrons. The normalized spacial score (nSPS) is 9.75. The summed E-state index contributed by atoms with van der Waals surface area (Å²) in [6.45, 7) is 0. The average Bonchev–Trinajstić information content (AvgIpc) is 2.18. The van der Waals surface area contributed by atoms with E-state index in [9.17, 15) is 13.2 Å². The lowest BCUT2D eigenvalue weighted by molar-refractivity contribution is 0.0696. The van der Waals surface area contributed by atoms with Gasteiger partial charge in [-0.3, -0.25) is 0 Å². The van der Waals surface area contributed by atoms with Gasteiger partial charge in [0.25, 0.3) is 4.52 Å². The number of benzene rings is 1. The third-order valence-corrected chi connectivity index (χ3v) is 2.67. The van der Waals surface area contributed by atoms with E-state index in [2.05, 4.69) is 9.43 Å². The van der Waals surface area contributed by atoms with Crippen molar-refractivity contribution in [2.75, 3.05) is 0 Å². The Morgan fingerprint density at radius 1 is 1.44 bits per heavy atom. The Labute approximate surface area is 90.8 Å². The topological polar surface area (TPSA) is 157 Å². The highest BCUT2D eigenvalue weighted by Gasteiger charge is 2.19.